The van der Waals surface area contributed by atoms with E-state index in [0.29, 0.717) is 46.6 Å². The zero-order valence-corrected chi connectivity index (χ0v) is 23.4. The van der Waals surface area contributed by atoms with Gasteiger partial charge < -0.3 is 5.32 Å². The third-order valence-corrected chi connectivity index (χ3v) is 7.63. The highest BCUT2D eigenvalue weighted by Crippen LogP contribution is 2.50. The highest BCUT2D eigenvalue weighted by atomic mass is 35.5. The normalized spacial score (nSPS) is 13.3. The van der Waals surface area contributed by atoms with Crippen LogP contribution >= 0.6 is 11.6 Å². The minimum atomic E-state index is -5.08. The topological polar surface area (TPSA) is 46.2 Å². The molecule has 3 nitrogen and oxygen atoms in total. The second kappa shape index (κ2) is 11.8. The molecule has 0 saturated heterocycles. The zero-order valence-electron chi connectivity index (χ0n) is 22.6. The van der Waals surface area contributed by atoms with Gasteiger partial charge in [-0.05, 0) is 90.2 Å². The summed E-state index contributed by atoms with van der Waals surface area (Å²) >= 11 is 6.22. The van der Waals surface area contributed by atoms with Crippen LogP contribution in [0.5, 0.6) is 0 Å². The van der Waals surface area contributed by atoms with E-state index in [9.17, 15) is 40.3 Å². The van der Waals surface area contributed by atoms with Crippen molar-refractivity contribution in [3.63, 3.8) is 0 Å². The minimum Gasteiger partial charge on any atom is -0.322 e. The molecule has 1 amide bonds. The van der Waals surface area contributed by atoms with Crippen molar-refractivity contribution in [2.45, 2.75) is 37.5 Å². The van der Waals surface area contributed by atoms with E-state index in [2.05, 4.69) is 5.32 Å². The van der Waals surface area contributed by atoms with Crippen LogP contribution in [0, 0.1) is 19.7 Å². The Labute approximate surface area is 247 Å². The fourth-order valence-electron chi connectivity index (χ4n) is 4.69. The predicted molar refractivity (Wildman–Crippen MR) is 149 cm³/mol. The summed E-state index contributed by atoms with van der Waals surface area (Å²) in [4.78, 5) is 22.5. The summed E-state index contributed by atoms with van der Waals surface area (Å²) in [7, 11) is 0. The van der Waals surface area contributed by atoms with Gasteiger partial charge in [0.2, 0.25) is 0 Å². The molecule has 4 aromatic carbocycles. The summed E-state index contributed by atoms with van der Waals surface area (Å²) in [6.45, 7) is 3.03. The second-order valence-corrected chi connectivity index (χ2v) is 10.5. The van der Waals surface area contributed by atoms with Crippen molar-refractivity contribution in [1.29, 1.82) is 0 Å². The van der Waals surface area contributed by atoms with Crippen molar-refractivity contribution in [3.05, 3.63) is 135 Å². The van der Waals surface area contributed by atoms with Gasteiger partial charge in [0.25, 0.3) is 5.91 Å². The van der Waals surface area contributed by atoms with Crippen molar-refractivity contribution in [2.75, 3.05) is 5.32 Å². The molecular formula is C32H23ClF7NO2. The summed E-state index contributed by atoms with van der Waals surface area (Å²) in [6, 6.07) is 15.8. The first-order valence-corrected chi connectivity index (χ1v) is 13.1. The monoisotopic (exact) mass is 621 g/mol. The Morgan fingerprint density at radius 3 is 1.81 bits per heavy atom. The number of rotatable bonds is 7. The molecule has 1 unspecified atom stereocenters. The van der Waals surface area contributed by atoms with Crippen molar-refractivity contribution in [1.82, 2.24) is 0 Å². The van der Waals surface area contributed by atoms with Crippen LogP contribution in [0.15, 0.2) is 84.9 Å². The van der Waals surface area contributed by atoms with Gasteiger partial charge in [-0.3, -0.25) is 9.59 Å². The molecule has 11 heteroatoms. The van der Waals surface area contributed by atoms with Gasteiger partial charge in [-0.2, -0.15) is 26.3 Å². The van der Waals surface area contributed by atoms with Crippen molar-refractivity contribution >= 4 is 29.0 Å². The molecule has 1 atom stereocenters. The number of halogens is 8. The van der Waals surface area contributed by atoms with Gasteiger partial charge in [-0.25, -0.2) is 4.39 Å². The fourth-order valence-corrected chi connectivity index (χ4v) is 4.93. The molecule has 4 aromatic rings. The lowest BCUT2D eigenvalue weighted by molar-refractivity contribution is -0.154. The van der Waals surface area contributed by atoms with E-state index < -0.39 is 45.6 Å². The van der Waals surface area contributed by atoms with Gasteiger partial charge in [0.1, 0.15) is 5.82 Å². The van der Waals surface area contributed by atoms with Crippen LogP contribution in [0.3, 0.4) is 0 Å². The van der Waals surface area contributed by atoms with Crippen LogP contribution in [0.4, 0.5) is 36.4 Å². The van der Waals surface area contributed by atoms with Crippen molar-refractivity contribution in [3.8, 4) is 0 Å². The summed E-state index contributed by atoms with van der Waals surface area (Å²) in [5, 5.41) is 2.63. The maximum atomic E-state index is 14.4. The molecular weight excluding hydrogens is 599 g/mol. The molecule has 0 fully saturated rings. The van der Waals surface area contributed by atoms with Crippen molar-refractivity contribution in [2.24, 2.45) is 0 Å². The maximum absolute atomic E-state index is 14.4. The molecule has 1 N–H and O–H groups in total. The number of hydrogen-bond donors (Lipinski definition) is 1. The molecule has 0 heterocycles. The number of aryl methyl sites for hydroxylation is 2. The maximum Gasteiger partial charge on any atom is 0.416 e. The molecule has 0 aliphatic rings. The first-order valence-electron chi connectivity index (χ1n) is 12.7. The lowest BCUT2D eigenvalue weighted by Crippen LogP contribution is -2.38. The average molecular weight is 622 g/mol. The fraction of sp³-hybridized carbons (Fsp3) is 0.188. The van der Waals surface area contributed by atoms with E-state index in [0.717, 1.165) is 12.1 Å². The number of benzene rings is 4. The van der Waals surface area contributed by atoms with E-state index in [1.807, 2.05) is 0 Å². The van der Waals surface area contributed by atoms with Gasteiger partial charge in [0.05, 0.1) is 5.56 Å². The predicted octanol–water partition coefficient (Wildman–Crippen LogP) is 9.18. The first-order chi connectivity index (χ1) is 20.0. The number of alkyl halides is 7. The van der Waals surface area contributed by atoms with Gasteiger partial charge in [0.15, 0.2) is 10.7 Å². The quantitative estimate of drug-likeness (QED) is 0.127. The highest BCUT2D eigenvalue weighted by molar-refractivity contribution is 6.26. The number of carbonyl (C=O) groups excluding carboxylic acids is 2. The molecule has 0 aromatic heterocycles. The summed E-state index contributed by atoms with van der Waals surface area (Å²) in [6.07, 6.45) is -10.0. The molecule has 0 aliphatic heterocycles. The molecule has 0 spiro atoms. The van der Waals surface area contributed by atoms with E-state index in [1.165, 1.54) is 50.2 Å². The number of ketones is 1. The number of Topliss-reactive ketones (excluding diaryl/α,β-unsaturated/α-hetero) is 1. The third kappa shape index (κ3) is 6.74. The number of nitrogens with one attached hydrogen (secondary N) is 1. The van der Waals surface area contributed by atoms with Crippen LogP contribution in [0.1, 0.15) is 54.1 Å². The molecule has 4 rings (SSSR count). The molecule has 224 valence electrons. The van der Waals surface area contributed by atoms with Crippen LogP contribution in [0.2, 0.25) is 0 Å². The lowest BCUT2D eigenvalue weighted by Gasteiger charge is -2.32. The Bertz CT molecular complexity index is 1640. The van der Waals surface area contributed by atoms with Crippen LogP contribution in [-0.4, -0.2) is 17.9 Å². The first kappa shape index (κ1) is 31.7. The molecule has 0 radical (unpaired) electrons. The molecule has 0 aliphatic carbocycles. The summed E-state index contributed by atoms with van der Waals surface area (Å²) < 4.78 is 95.4. The Balaban J connectivity index is 1.60. The zero-order chi connectivity index (χ0) is 31.7. The number of anilines is 1. The Hall–Kier alpha value is -4.18. The van der Waals surface area contributed by atoms with Crippen LogP contribution in [0.25, 0.3) is 0 Å². The van der Waals surface area contributed by atoms with Gasteiger partial charge in [0, 0.05) is 23.2 Å². The third-order valence-electron chi connectivity index (χ3n) is 6.98. The van der Waals surface area contributed by atoms with E-state index >= 15 is 0 Å². The summed E-state index contributed by atoms with van der Waals surface area (Å²) in [5.41, 5.74) is -0.273. The van der Waals surface area contributed by atoms with Gasteiger partial charge in [-0.1, -0.05) is 48.0 Å². The Morgan fingerprint density at radius 2 is 1.28 bits per heavy atom. The van der Waals surface area contributed by atoms with Crippen LogP contribution in [-0.2, 0) is 17.5 Å². The Kier molecular flexibility index (Phi) is 8.74. The number of amides is 1. The van der Waals surface area contributed by atoms with Gasteiger partial charge >= 0.3 is 12.4 Å². The highest BCUT2D eigenvalue weighted by Gasteiger charge is 2.56. The molecule has 0 saturated carbocycles. The number of carbonyl (C=O) groups is 2. The van der Waals surface area contributed by atoms with Crippen LogP contribution < -0.4 is 5.32 Å². The standard InChI is InChI=1S/C32H23ClF7NO2/c1-18-14-24(30(33,32(38,39)40)22-8-10-23(11-9-22)31(35,36)37)15-19(2)27(18)17-28(42)21-4-3-5-26(16-21)41-29(43)20-6-12-25(34)13-7-20/h3-16H,17H2,1-2H3,(H,41,43). The van der Waals surface area contributed by atoms with E-state index in [1.54, 1.807) is 12.1 Å². The average Bonchev–Trinajstić information content (AvgIpc) is 2.93. The Morgan fingerprint density at radius 1 is 0.721 bits per heavy atom. The SMILES string of the molecule is Cc1cc(C(Cl)(c2ccc(C(F)(F)F)cc2)C(F)(F)F)cc(C)c1CC(=O)c1cccc(NC(=O)c2ccc(F)cc2)c1. The largest absolute Gasteiger partial charge is 0.416 e. The van der Waals surface area contributed by atoms with E-state index in [4.69, 9.17) is 11.6 Å². The molecule has 43 heavy (non-hydrogen) atoms. The lowest BCUT2D eigenvalue weighted by atomic mass is 9.84. The van der Waals surface area contributed by atoms with E-state index in [-0.39, 0.29) is 23.3 Å². The molecule has 0 bridgehead atoms. The second-order valence-electron chi connectivity index (χ2n) is 9.96. The smallest absolute Gasteiger partial charge is 0.322 e. The summed E-state index contributed by atoms with van der Waals surface area (Å²) in [5.74, 6) is -1.40. The van der Waals surface area contributed by atoms with Gasteiger partial charge in [-0.15, -0.1) is 0 Å². The van der Waals surface area contributed by atoms with Crippen molar-refractivity contribution < 1.29 is 40.3 Å². The minimum absolute atomic E-state index is 0.186. The number of hydrogen-bond acceptors (Lipinski definition) is 2.